The number of hydrogen-bond acceptors (Lipinski definition) is 5. The summed E-state index contributed by atoms with van der Waals surface area (Å²) in [5.41, 5.74) is -0.0171. The van der Waals surface area contributed by atoms with Crippen molar-refractivity contribution in [3.8, 4) is 6.07 Å². The van der Waals surface area contributed by atoms with Crippen molar-refractivity contribution in [1.29, 1.82) is 5.26 Å². The Kier molecular flexibility index (Phi) is 4.43. The fourth-order valence-electron chi connectivity index (χ4n) is 2.78. The number of aliphatic hydroxyl groups excluding tert-OH is 1. The maximum atomic E-state index is 11.2. The second-order valence-electron chi connectivity index (χ2n) is 5.85. The highest BCUT2D eigenvalue weighted by atomic mass is 16.6. The van der Waals surface area contributed by atoms with Crippen molar-refractivity contribution in [2.24, 2.45) is 5.92 Å². The Morgan fingerprint density at radius 3 is 2.71 bits per heavy atom. The standard InChI is InChI=1S/C15H19N3O3/c1-11-4-6-15(10-19,7-5-11)17-13-3-2-12(9-16)8-14(13)18(20)21/h2-3,8,11,17,19H,4-7,10H2,1H3. The van der Waals surface area contributed by atoms with E-state index in [2.05, 4.69) is 12.2 Å². The van der Waals surface area contributed by atoms with E-state index in [1.807, 2.05) is 6.07 Å². The van der Waals surface area contributed by atoms with Gasteiger partial charge in [0, 0.05) is 6.07 Å². The van der Waals surface area contributed by atoms with Gasteiger partial charge in [-0.05, 0) is 43.7 Å². The van der Waals surface area contributed by atoms with Crippen molar-refractivity contribution >= 4 is 11.4 Å². The lowest BCUT2D eigenvalue weighted by Crippen LogP contribution is -2.45. The summed E-state index contributed by atoms with van der Waals surface area (Å²) in [7, 11) is 0. The van der Waals surface area contributed by atoms with Crippen LogP contribution in [0.2, 0.25) is 0 Å². The van der Waals surface area contributed by atoms with Crippen molar-refractivity contribution in [3.63, 3.8) is 0 Å². The first kappa shape index (κ1) is 15.3. The minimum Gasteiger partial charge on any atom is -0.394 e. The van der Waals surface area contributed by atoms with Crippen LogP contribution in [0.1, 0.15) is 38.2 Å². The maximum absolute atomic E-state index is 11.2. The van der Waals surface area contributed by atoms with Gasteiger partial charge in [-0.15, -0.1) is 0 Å². The molecule has 0 radical (unpaired) electrons. The molecule has 1 saturated carbocycles. The smallest absolute Gasteiger partial charge is 0.293 e. The topological polar surface area (TPSA) is 99.2 Å². The zero-order valence-corrected chi connectivity index (χ0v) is 12.0. The molecule has 2 rings (SSSR count). The molecule has 21 heavy (non-hydrogen) atoms. The van der Waals surface area contributed by atoms with E-state index >= 15 is 0 Å². The third kappa shape index (κ3) is 3.31. The number of rotatable bonds is 4. The average Bonchev–Trinajstić information content (AvgIpc) is 2.50. The lowest BCUT2D eigenvalue weighted by Gasteiger charge is -2.39. The molecule has 0 aliphatic heterocycles. The number of aliphatic hydroxyl groups is 1. The van der Waals surface area contributed by atoms with Gasteiger partial charge in [-0.1, -0.05) is 6.92 Å². The van der Waals surface area contributed by atoms with Crippen molar-refractivity contribution < 1.29 is 10.0 Å². The summed E-state index contributed by atoms with van der Waals surface area (Å²) in [4.78, 5) is 10.7. The molecule has 2 N–H and O–H groups in total. The van der Waals surface area contributed by atoms with E-state index in [0.717, 1.165) is 25.7 Å². The molecule has 1 aromatic carbocycles. The predicted molar refractivity (Wildman–Crippen MR) is 78.9 cm³/mol. The Morgan fingerprint density at radius 2 is 2.19 bits per heavy atom. The third-order valence-electron chi connectivity index (χ3n) is 4.26. The molecule has 1 aliphatic rings. The van der Waals surface area contributed by atoms with Gasteiger partial charge in [-0.3, -0.25) is 10.1 Å². The molecule has 6 heteroatoms. The van der Waals surface area contributed by atoms with Crippen LogP contribution in [0.15, 0.2) is 18.2 Å². The molecule has 0 bridgehead atoms. The number of nitro groups is 1. The number of anilines is 1. The molecule has 112 valence electrons. The minimum atomic E-state index is -0.509. The maximum Gasteiger partial charge on any atom is 0.293 e. The molecular weight excluding hydrogens is 270 g/mol. The van der Waals surface area contributed by atoms with Crippen LogP contribution >= 0.6 is 0 Å². The summed E-state index contributed by atoms with van der Waals surface area (Å²) in [6.07, 6.45) is 3.53. The highest BCUT2D eigenvalue weighted by Gasteiger charge is 2.35. The first-order valence-electron chi connectivity index (χ1n) is 7.07. The molecule has 1 fully saturated rings. The SMILES string of the molecule is CC1CCC(CO)(Nc2ccc(C#N)cc2[N+](=O)[O-])CC1. The monoisotopic (exact) mass is 289 g/mol. The van der Waals surface area contributed by atoms with Crippen molar-refractivity contribution in [2.75, 3.05) is 11.9 Å². The van der Waals surface area contributed by atoms with E-state index in [9.17, 15) is 15.2 Å². The Morgan fingerprint density at radius 1 is 1.52 bits per heavy atom. The second kappa shape index (κ2) is 6.10. The van der Waals surface area contributed by atoms with E-state index in [4.69, 9.17) is 5.26 Å². The Hall–Kier alpha value is -2.13. The van der Waals surface area contributed by atoms with Crippen LogP contribution in [-0.2, 0) is 0 Å². The number of nitrogens with zero attached hydrogens (tertiary/aromatic N) is 2. The van der Waals surface area contributed by atoms with Crippen LogP contribution < -0.4 is 5.32 Å². The Labute approximate surface area is 123 Å². The minimum absolute atomic E-state index is 0.0587. The summed E-state index contributed by atoms with van der Waals surface area (Å²) in [5.74, 6) is 0.613. The molecule has 0 unspecified atom stereocenters. The lowest BCUT2D eigenvalue weighted by molar-refractivity contribution is -0.384. The second-order valence-corrected chi connectivity index (χ2v) is 5.85. The van der Waals surface area contributed by atoms with E-state index in [1.165, 1.54) is 6.07 Å². The summed E-state index contributed by atoms with van der Waals surface area (Å²) < 4.78 is 0. The van der Waals surface area contributed by atoms with E-state index in [1.54, 1.807) is 12.1 Å². The molecule has 0 heterocycles. The van der Waals surface area contributed by atoms with Gasteiger partial charge >= 0.3 is 0 Å². The van der Waals surface area contributed by atoms with Gasteiger partial charge in [0.25, 0.3) is 5.69 Å². The number of nitrogens with one attached hydrogen (secondary N) is 1. The average molecular weight is 289 g/mol. The fraction of sp³-hybridized carbons (Fsp3) is 0.533. The number of benzene rings is 1. The normalized spacial score (nSPS) is 25.1. The van der Waals surface area contributed by atoms with Crippen LogP contribution in [0.4, 0.5) is 11.4 Å². The molecule has 0 aromatic heterocycles. The summed E-state index contributed by atoms with van der Waals surface area (Å²) in [6, 6.07) is 6.26. The molecule has 1 aromatic rings. The Balaban J connectivity index is 2.29. The van der Waals surface area contributed by atoms with Crippen LogP contribution in [0.25, 0.3) is 0 Å². The van der Waals surface area contributed by atoms with E-state index < -0.39 is 10.5 Å². The van der Waals surface area contributed by atoms with E-state index in [0.29, 0.717) is 11.6 Å². The van der Waals surface area contributed by atoms with Gasteiger partial charge in [-0.2, -0.15) is 5.26 Å². The van der Waals surface area contributed by atoms with Crippen LogP contribution in [0.5, 0.6) is 0 Å². The molecule has 0 atom stereocenters. The zero-order chi connectivity index (χ0) is 15.5. The number of nitro benzene ring substituents is 1. The van der Waals surface area contributed by atoms with Gasteiger partial charge in [0.1, 0.15) is 5.69 Å². The molecule has 0 saturated heterocycles. The van der Waals surface area contributed by atoms with Crippen molar-refractivity contribution in [2.45, 2.75) is 38.1 Å². The van der Waals surface area contributed by atoms with Gasteiger partial charge < -0.3 is 10.4 Å². The summed E-state index contributed by atoms with van der Waals surface area (Å²) >= 11 is 0. The summed E-state index contributed by atoms with van der Waals surface area (Å²) in [5, 5.41) is 32.9. The van der Waals surface area contributed by atoms with Crippen molar-refractivity contribution in [3.05, 3.63) is 33.9 Å². The molecule has 0 spiro atoms. The quantitative estimate of drug-likeness (QED) is 0.656. The largest absolute Gasteiger partial charge is 0.394 e. The first-order chi connectivity index (χ1) is 9.99. The van der Waals surface area contributed by atoms with Crippen LogP contribution in [0, 0.1) is 27.4 Å². The summed E-state index contributed by atoms with van der Waals surface area (Å²) in [6.45, 7) is 2.11. The van der Waals surface area contributed by atoms with Gasteiger partial charge in [0.2, 0.25) is 0 Å². The van der Waals surface area contributed by atoms with Gasteiger partial charge in [0.05, 0.1) is 28.7 Å². The fourth-order valence-corrected chi connectivity index (χ4v) is 2.78. The van der Waals surface area contributed by atoms with Gasteiger partial charge in [0.15, 0.2) is 0 Å². The lowest BCUT2D eigenvalue weighted by atomic mass is 9.77. The molecule has 0 amide bonds. The first-order valence-corrected chi connectivity index (χ1v) is 7.07. The zero-order valence-electron chi connectivity index (χ0n) is 12.0. The Bertz CT molecular complexity index is 572. The van der Waals surface area contributed by atoms with Crippen molar-refractivity contribution in [1.82, 2.24) is 0 Å². The highest BCUT2D eigenvalue weighted by molar-refractivity contribution is 5.65. The molecule has 1 aliphatic carbocycles. The molecule has 6 nitrogen and oxygen atoms in total. The van der Waals surface area contributed by atoms with Gasteiger partial charge in [-0.25, -0.2) is 0 Å². The van der Waals surface area contributed by atoms with Crippen LogP contribution in [0.3, 0.4) is 0 Å². The highest BCUT2D eigenvalue weighted by Crippen LogP contribution is 2.37. The molecular formula is C15H19N3O3. The number of nitriles is 1. The predicted octanol–water partition coefficient (Wildman–Crippen LogP) is 2.82. The van der Waals surface area contributed by atoms with Crippen LogP contribution in [-0.4, -0.2) is 22.2 Å². The van der Waals surface area contributed by atoms with E-state index in [-0.39, 0.29) is 17.9 Å². The number of hydrogen-bond donors (Lipinski definition) is 2. The third-order valence-corrected chi connectivity index (χ3v) is 4.26.